The van der Waals surface area contributed by atoms with Crippen LogP contribution in [-0.2, 0) is 4.79 Å². The highest BCUT2D eigenvalue weighted by molar-refractivity contribution is 5.80. The van der Waals surface area contributed by atoms with Crippen molar-refractivity contribution in [1.82, 2.24) is 4.90 Å². The van der Waals surface area contributed by atoms with E-state index in [0.717, 1.165) is 19.4 Å². The van der Waals surface area contributed by atoms with Gasteiger partial charge in [0.05, 0.1) is 0 Å². The predicted molar refractivity (Wildman–Crippen MR) is 78.7 cm³/mol. The highest BCUT2D eigenvalue weighted by Gasteiger charge is 2.42. The fraction of sp³-hybridized carbons (Fsp3) is 0.938. The van der Waals surface area contributed by atoms with E-state index >= 15 is 0 Å². The molecule has 3 atom stereocenters. The maximum atomic E-state index is 13.0. The zero-order valence-electron chi connectivity index (χ0n) is 12.8. The van der Waals surface area contributed by atoms with Crippen molar-refractivity contribution in [1.29, 1.82) is 0 Å². The van der Waals surface area contributed by atoms with Crippen LogP contribution in [-0.4, -0.2) is 29.9 Å². The van der Waals surface area contributed by atoms with E-state index in [9.17, 15) is 4.79 Å². The van der Waals surface area contributed by atoms with E-state index in [0.29, 0.717) is 18.4 Å². The number of nitrogens with zero attached hydrogens (tertiary/aromatic N) is 1. The van der Waals surface area contributed by atoms with Crippen molar-refractivity contribution in [3.05, 3.63) is 0 Å². The van der Waals surface area contributed by atoms with Crippen LogP contribution in [0.15, 0.2) is 0 Å². The molecule has 1 saturated heterocycles. The standard InChI is InChI=1S/C16H30N2O/c1-12-7-6-10-18(14(12)11-17)15(19)13-8-4-5-9-16(13,2)3/h12-14H,4-11,17H2,1-3H3. The maximum absolute atomic E-state index is 13.0. The van der Waals surface area contributed by atoms with Crippen molar-refractivity contribution < 1.29 is 4.79 Å². The number of hydrogen-bond donors (Lipinski definition) is 1. The first-order valence-corrected chi connectivity index (χ1v) is 7.98. The number of amides is 1. The van der Waals surface area contributed by atoms with E-state index in [1.165, 1.54) is 25.7 Å². The predicted octanol–water partition coefficient (Wildman–Crippen LogP) is 2.79. The molecular formula is C16H30N2O. The molecule has 1 aliphatic heterocycles. The Morgan fingerprint density at radius 1 is 1.26 bits per heavy atom. The number of hydrogen-bond acceptors (Lipinski definition) is 2. The first kappa shape index (κ1) is 14.8. The molecule has 3 unspecified atom stereocenters. The number of piperidine rings is 1. The average Bonchev–Trinajstić information content (AvgIpc) is 2.37. The second kappa shape index (κ2) is 5.82. The molecule has 110 valence electrons. The summed E-state index contributed by atoms with van der Waals surface area (Å²) in [4.78, 5) is 15.1. The van der Waals surface area contributed by atoms with Crippen LogP contribution in [0.2, 0.25) is 0 Å². The Kier molecular flexibility index (Phi) is 4.54. The Bertz CT molecular complexity index is 327. The van der Waals surface area contributed by atoms with E-state index in [1.807, 2.05) is 0 Å². The van der Waals surface area contributed by atoms with Crippen molar-refractivity contribution in [2.75, 3.05) is 13.1 Å². The monoisotopic (exact) mass is 266 g/mol. The van der Waals surface area contributed by atoms with Crippen LogP contribution in [0.25, 0.3) is 0 Å². The van der Waals surface area contributed by atoms with E-state index in [1.54, 1.807) is 0 Å². The quantitative estimate of drug-likeness (QED) is 0.835. The van der Waals surface area contributed by atoms with Gasteiger partial charge in [0.25, 0.3) is 0 Å². The fourth-order valence-corrected chi connectivity index (χ4v) is 4.03. The molecule has 2 fully saturated rings. The van der Waals surface area contributed by atoms with Gasteiger partial charge >= 0.3 is 0 Å². The summed E-state index contributed by atoms with van der Waals surface area (Å²) in [6, 6.07) is 0.263. The summed E-state index contributed by atoms with van der Waals surface area (Å²) in [6.07, 6.45) is 7.06. The molecule has 3 heteroatoms. The minimum atomic E-state index is 0.162. The van der Waals surface area contributed by atoms with Gasteiger partial charge in [-0.2, -0.15) is 0 Å². The summed E-state index contributed by atoms with van der Waals surface area (Å²) in [5.41, 5.74) is 6.09. The van der Waals surface area contributed by atoms with Gasteiger partial charge in [-0.15, -0.1) is 0 Å². The van der Waals surface area contributed by atoms with Crippen molar-refractivity contribution in [2.24, 2.45) is 23.0 Å². The Hall–Kier alpha value is -0.570. The zero-order valence-corrected chi connectivity index (χ0v) is 12.8. The second-order valence-electron chi connectivity index (χ2n) is 7.24. The number of carbonyl (C=O) groups excluding carboxylic acids is 1. The molecule has 1 amide bonds. The summed E-state index contributed by atoms with van der Waals surface area (Å²) in [7, 11) is 0. The smallest absolute Gasteiger partial charge is 0.226 e. The molecular weight excluding hydrogens is 236 g/mol. The van der Waals surface area contributed by atoms with E-state index < -0.39 is 0 Å². The molecule has 1 saturated carbocycles. The molecule has 0 aromatic rings. The maximum Gasteiger partial charge on any atom is 0.226 e. The Labute approximate surface area is 117 Å². The molecule has 0 aromatic carbocycles. The zero-order chi connectivity index (χ0) is 14.0. The summed E-state index contributed by atoms with van der Waals surface area (Å²) < 4.78 is 0. The Balaban J connectivity index is 2.13. The van der Waals surface area contributed by atoms with Crippen molar-refractivity contribution in [2.45, 2.75) is 65.3 Å². The minimum absolute atomic E-state index is 0.162. The van der Waals surface area contributed by atoms with Crippen LogP contribution in [0.5, 0.6) is 0 Å². The Morgan fingerprint density at radius 2 is 2.00 bits per heavy atom. The van der Waals surface area contributed by atoms with Gasteiger partial charge in [-0.05, 0) is 37.0 Å². The van der Waals surface area contributed by atoms with Crippen LogP contribution in [0.4, 0.5) is 0 Å². The molecule has 3 nitrogen and oxygen atoms in total. The molecule has 2 N–H and O–H groups in total. The van der Waals surface area contributed by atoms with Gasteiger partial charge in [-0.1, -0.05) is 33.6 Å². The lowest BCUT2D eigenvalue weighted by molar-refractivity contribution is -0.146. The normalized spacial score (nSPS) is 35.2. The molecule has 2 aliphatic rings. The van der Waals surface area contributed by atoms with Crippen LogP contribution in [0.3, 0.4) is 0 Å². The number of carbonyl (C=O) groups is 1. The van der Waals surface area contributed by atoms with Gasteiger partial charge in [0.1, 0.15) is 0 Å². The number of rotatable bonds is 2. The van der Waals surface area contributed by atoms with Crippen LogP contribution in [0.1, 0.15) is 59.3 Å². The highest BCUT2D eigenvalue weighted by Crippen LogP contribution is 2.42. The number of likely N-dealkylation sites (tertiary alicyclic amines) is 1. The largest absolute Gasteiger partial charge is 0.338 e. The third-order valence-corrected chi connectivity index (χ3v) is 5.45. The molecule has 2 rings (SSSR count). The lowest BCUT2D eigenvalue weighted by atomic mass is 9.68. The summed E-state index contributed by atoms with van der Waals surface area (Å²) in [5.74, 6) is 1.14. The van der Waals surface area contributed by atoms with Gasteiger partial charge < -0.3 is 10.6 Å². The van der Waals surface area contributed by atoms with E-state index in [2.05, 4.69) is 25.7 Å². The first-order chi connectivity index (χ1) is 8.97. The second-order valence-corrected chi connectivity index (χ2v) is 7.24. The lowest BCUT2D eigenvalue weighted by Crippen LogP contribution is -2.55. The first-order valence-electron chi connectivity index (χ1n) is 7.98. The molecule has 0 radical (unpaired) electrons. The molecule has 1 heterocycles. The molecule has 0 bridgehead atoms. The van der Waals surface area contributed by atoms with Crippen LogP contribution < -0.4 is 5.73 Å². The summed E-state index contributed by atoms with van der Waals surface area (Å²) >= 11 is 0. The van der Waals surface area contributed by atoms with Gasteiger partial charge in [0, 0.05) is 25.0 Å². The van der Waals surface area contributed by atoms with Gasteiger partial charge in [-0.3, -0.25) is 4.79 Å². The number of nitrogens with two attached hydrogens (primary N) is 1. The third-order valence-electron chi connectivity index (χ3n) is 5.45. The Morgan fingerprint density at radius 3 is 2.63 bits per heavy atom. The minimum Gasteiger partial charge on any atom is -0.338 e. The summed E-state index contributed by atoms with van der Waals surface area (Å²) in [6.45, 7) is 8.29. The average molecular weight is 266 g/mol. The molecule has 0 spiro atoms. The van der Waals surface area contributed by atoms with Crippen LogP contribution in [0, 0.1) is 17.3 Å². The SMILES string of the molecule is CC1CCCN(C(=O)C2CCCCC2(C)C)C1CN. The van der Waals surface area contributed by atoms with Crippen molar-refractivity contribution in [3.63, 3.8) is 0 Å². The van der Waals surface area contributed by atoms with Crippen LogP contribution >= 0.6 is 0 Å². The summed E-state index contributed by atoms with van der Waals surface area (Å²) in [5, 5.41) is 0. The molecule has 0 aromatic heterocycles. The van der Waals surface area contributed by atoms with Gasteiger partial charge in [0.15, 0.2) is 0 Å². The molecule has 19 heavy (non-hydrogen) atoms. The lowest BCUT2D eigenvalue weighted by Gasteiger charge is -2.45. The van der Waals surface area contributed by atoms with Gasteiger partial charge in [-0.25, -0.2) is 0 Å². The topological polar surface area (TPSA) is 46.3 Å². The van der Waals surface area contributed by atoms with Crippen molar-refractivity contribution >= 4 is 5.91 Å². The fourth-order valence-electron chi connectivity index (χ4n) is 4.03. The van der Waals surface area contributed by atoms with E-state index in [4.69, 9.17) is 5.73 Å². The third kappa shape index (κ3) is 2.96. The van der Waals surface area contributed by atoms with Crippen molar-refractivity contribution in [3.8, 4) is 0 Å². The van der Waals surface area contributed by atoms with Gasteiger partial charge in [0.2, 0.25) is 5.91 Å². The molecule has 1 aliphatic carbocycles. The highest BCUT2D eigenvalue weighted by atomic mass is 16.2. The van der Waals surface area contributed by atoms with E-state index in [-0.39, 0.29) is 17.4 Å².